The van der Waals surface area contributed by atoms with Crippen LogP contribution >= 0.6 is 11.3 Å². The second-order valence-electron chi connectivity index (χ2n) is 4.31. The summed E-state index contributed by atoms with van der Waals surface area (Å²) >= 11 is 1.57. The van der Waals surface area contributed by atoms with E-state index in [-0.39, 0.29) is 5.91 Å². The summed E-state index contributed by atoms with van der Waals surface area (Å²) in [4.78, 5) is 25.5. The molecule has 1 aromatic heterocycles. The van der Waals surface area contributed by atoms with Gasteiger partial charge in [0.2, 0.25) is 5.91 Å². The number of rotatable bonds is 3. The fourth-order valence-electron chi connectivity index (χ4n) is 2.02. The average molecular weight is 265 g/mol. The fraction of sp³-hybridized carbons (Fsp3) is 0.385. The number of thiophene rings is 1. The van der Waals surface area contributed by atoms with Crippen molar-refractivity contribution in [3.63, 3.8) is 0 Å². The topological polar surface area (TPSA) is 57.6 Å². The van der Waals surface area contributed by atoms with Crippen LogP contribution in [0.3, 0.4) is 0 Å². The molecule has 0 unspecified atom stereocenters. The first kappa shape index (κ1) is 12.8. The second kappa shape index (κ2) is 5.82. The van der Waals surface area contributed by atoms with E-state index >= 15 is 0 Å². The Labute approximate surface area is 110 Å². The van der Waals surface area contributed by atoms with E-state index in [1.54, 1.807) is 22.3 Å². The van der Waals surface area contributed by atoms with Gasteiger partial charge in [-0.15, -0.1) is 11.3 Å². The van der Waals surface area contributed by atoms with Crippen LogP contribution < -0.4 is 0 Å². The molecule has 96 valence electrons. The molecule has 2 heterocycles. The van der Waals surface area contributed by atoms with Crippen molar-refractivity contribution in [3.05, 3.63) is 28.5 Å². The highest BCUT2D eigenvalue weighted by atomic mass is 32.1. The van der Waals surface area contributed by atoms with Crippen molar-refractivity contribution >= 4 is 29.3 Å². The number of carbonyl (C=O) groups is 2. The first-order valence-corrected chi connectivity index (χ1v) is 6.78. The number of piperidine rings is 1. The lowest BCUT2D eigenvalue weighted by Crippen LogP contribution is -2.41. The first-order valence-electron chi connectivity index (χ1n) is 5.90. The summed E-state index contributed by atoms with van der Waals surface area (Å²) in [6.45, 7) is 0.973. The van der Waals surface area contributed by atoms with E-state index in [1.165, 1.54) is 6.08 Å². The zero-order chi connectivity index (χ0) is 13.0. The molecule has 1 amide bonds. The van der Waals surface area contributed by atoms with Gasteiger partial charge in [0.15, 0.2) is 0 Å². The minimum Gasteiger partial charge on any atom is -0.481 e. The summed E-state index contributed by atoms with van der Waals surface area (Å²) in [5.74, 6) is -1.33. The average Bonchev–Trinajstić information content (AvgIpc) is 2.89. The van der Waals surface area contributed by atoms with Gasteiger partial charge in [0, 0.05) is 24.0 Å². The van der Waals surface area contributed by atoms with E-state index < -0.39 is 11.9 Å². The van der Waals surface area contributed by atoms with Gasteiger partial charge in [-0.3, -0.25) is 9.59 Å². The van der Waals surface area contributed by atoms with Crippen molar-refractivity contribution in [2.45, 2.75) is 12.8 Å². The largest absolute Gasteiger partial charge is 0.481 e. The number of carbonyl (C=O) groups excluding carboxylic acids is 1. The van der Waals surface area contributed by atoms with Crippen LogP contribution in [0.4, 0.5) is 0 Å². The van der Waals surface area contributed by atoms with Gasteiger partial charge in [-0.05, 0) is 30.4 Å². The minimum atomic E-state index is -0.810. The monoisotopic (exact) mass is 265 g/mol. The number of hydrogen-bond acceptors (Lipinski definition) is 3. The molecule has 1 aromatic rings. The first-order chi connectivity index (χ1) is 8.66. The van der Waals surface area contributed by atoms with E-state index in [0.29, 0.717) is 19.5 Å². The van der Waals surface area contributed by atoms with Crippen molar-refractivity contribution in [2.24, 2.45) is 5.92 Å². The van der Waals surface area contributed by atoms with Crippen molar-refractivity contribution in [1.29, 1.82) is 0 Å². The molecule has 1 fully saturated rings. The Balaban J connectivity index is 1.94. The molecular weight excluding hydrogens is 250 g/mol. The molecule has 0 aliphatic carbocycles. The van der Waals surface area contributed by atoms with Crippen LogP contribution in [0.2, 0.25) is 0 Å². The number of likely N-dealkylation sites (tertiary alicyclic amines) is 1. The minimum absolute atomic E-state index is 0.102. The summed E-state index contributed by atoms with van der Waals surface area (Å²) in [6, 6.07) is 3.86. The molecule has 4 nitrogen and oxygen atoms in total. The molecular formula is C13H15NO3S. The molecule has 1 atom stereocenters. The molecule has 1 aliphatic rings. The molecule has 0 aromatic carbocycles. The van der Waals surface area contributed by atoms with Crippen LogP contribution in [0.5, 0.6) is 0 Å². The maximum atomic E-state index is 11.9. The Morgan fingerprint density at radius 2 is 2.33 bits per heavy atom. The standard InChI is InChI=1S/C13H15NO3S/c15-12(6-5-11-4-2-8-18-11)14-7-1-3-10(9-14)13(16)17/h2,4-6,8,10H,1,3,7,9H2,(H,16,17)/b6-5-/t10-/m0/s1. The lowest BCUT2D eigenvalue weighted by molar-refractivity contribution is -0.144. The SMILES string of the molecule is O=C(O)[C@H]1CCCN(C(=O)/C=C\c2cccs2)C1. The quantitative estimate of drug-likeness (QED) is 0.851. The highest BCUT2D eigenvalue weighted by Gasteiger charge is 2.26. The highest BCUT2D eigenvalue weighted by molar-refractivity contribution is 7.10. The van der Waals surface area contributed by atoms with Gasteiger partial charge in [-0.2, -0.15) is 0 Å². The van der Waals surface area contributed by atoms with Crippen molar-refractivity contribution in [2.75, 3.05) is 13.1 Å². The summed E-state index contributed by atoms with van der Waals surface area (Å²) < 4.78 is 0. The maximum absolute atomic E-state index is 11.9. The fourth-order valence-corrected chi connectivity index (χ4v) is 2.64. The molecule has 0 saturated carbocycles. The predicted octanol–water partition coefficient (Wildman–Crippen LogP) is 2.08. The van der Waals surface area contributed by atoms with Crippen molar-refractivity contribution < 1.29 is 14.7 Å². The Hall–Kier alpha value is -1.62. The normalized spacial score (nSPS) is 20.2. The number of hydrogen-bond donors (Lipinski definition) is 1. The molecule has 0 radical (unpaired) electrons. The van der Waals surface area contributed by atoms with Crippen LogP contribution in [-0.2, 0) is 9.59 Å². The van der Waals surface area contributed by atoms with Gasteiger partial charge in [-0.1, -0.05) is 6.07 Å². The van der Waals surface area contributed by atoms with E-state index in [9.17, 15) is 9.59 Å². The number of aliphatic carboxylic acids is 1. The van der Waals surface area contributed by atoms with Crippen molar-refractivity contribution in [1.82, 2.24) is 4.90 Å². The summed E-state index contributed by atoms with van der Waals surface area (Å²) in [6.07, 6.45) is 4.72. The summed E-state index contributed by atoms with van der Waals surface area (Å²) in [7, 11) is 0. The van der Waals surface area contributed by atoms with E-state index in [0.717, 1.165) is 11.3 Å². The molecule has 5 heteroatoms. The van der Waals surface area contributed by atoms with Crippen LogP contribution in [0.1, 0.15) is 17.7 Å². The maximum Gasteiger partial charge on any atom is 0.308 e. The van der Waals surface area contributed by atoms with Crippen LogP contribution in [0.25, 0.3) is 6.08 Å². The van der Waals surface area contributed by atoms with Gasteiger partial charge in [0.1, 0.15) is 0 Å². The third kappa shape index (κ3) is 3.20. The smallest absolute Gasteiger partial charge is 0.308 e. The number of nitrogens with zero attached hydrogens (tertiary/aromatic N) is 1. The second-order valence-corrected chi connectivity index (χ2v) is 5.29. The van der Waals surface area contributed by atoms with E-state index in [1.807, 2.05) is 17.5 Å². The predicted molar refractivity (Wildman–Crippen MR) is 70.3 cm³/mol. The van der Waals surface area contributed by atoms with Crippen molar-refractivity contribution in [3.8, 4) is 0 Å². The lowest BCUT2D eigenvalue weighted by Gasteiger charge is -2.29. The van der Waals surface area contributed by atoms with Gasteiger partial charge < -0.3 is 10.0 Å². The number of carboxylic acid groups (broad SMARTS) is 1. The molecule has 2 rings (SSSR count). The molecule has 1 saturated heterocycles. The zero-order valence-corrected chi connectivity index (χ0v) is 10.7. The van der Waals surface area contributed by atoms with Gasteiger partial charge in [-0.25, -0.2) is 0 Å². The summed E-state index contributed by atoms with van der Waals surface area (Å²) in [5, 5.41) is 10.9. The number of carboxylic acids is 1. The zero-order valence-electron chi connectivity index (χ0n) is 9.91. The van der Waals surface area contributed by atoms with Crippen LogP contribution in [-0.4, -0.2) is 35.0 Å². The summed E-state index contributed by atoms with van der Waals surface area (Å²) in [5.41, 5.74) is 0. The lowest BCUT2D eigenvalue weighted by atomic mass is 9.98. The Bertz CT molecular complexity index is 453. The van der Waals surface area contributed by atoms with E-state index in [2.05, 4.69) is 0 Å². The third-order valence-electron chi connectivity index (χ3n) is 3.02. The van der Waals surface area contributed by atoms with Gasteiger partial charge in [0.25, 0.3) is 0 Å². The number of amides is 1. The van der Waals surface area contributed by atoms with Crippen LogP contribution in [0, 0.1) is 5.92 Å². The van der Waals surface area contributed by atoms with Crippen LogP contribution in [0.15, 0.2) is 23.6 Å². The van der Waals surface area contributed by atoms with Gasteiger partial charge >= 0.3 is 5.97 Å². The molecule has 18 heavy (non-hydrogen) atoms. The Morgan fingerprint density at radius 3 is 3.00 bits per heavy atom. The Kier molecular flexibility index (Phi) is 4.15. The molecule has 1 N–H and O–H groups in total. The van der Waals surface area contributed by atoms with E-state index in [4.69, 9.17) is 5.11 Å². The highest BCUT2D eigenvalue weighted by Crippen LogP contribution is 2.17. The Morgan fingerprint density at radius 1 is 1.50 bits per heavy atom. The van der Waals surface area contributed by atoms with Gasteiger partial charge in [0.05, 0.1) is 5.92 Å². The molecule has 1 aliphatic heterocycles. The third-order valence-corrected chi connectivity index (χ3v) is 3.85. The molecule has 0 spiro atoms. The molecule has 0 bridgehead atoms.